The van der Waals surface area contributed by atoms with Gasteiger partial charge in [0.1, 0.15) is 12.1 Å². The molecule has 0 unspecified atom stereocenters. The lowest BCUT2D eigenvalue weighted by atomic mass is 10.2. The molecule has 0 aromatic carbocycles. The van der Waals surface area contributed by atoms with Crippen molar-refractivity contribution in [1.29, 1.82) is 0 Å². The molecule has 1 aliphatic rings. The number of aliphatic imine (C=N–C) groups is 1. The van der Waals surface area contributed by atoms with Crippen LogP contribution in [-0.2, 0) is 6.54 Å². The van der Waals surface area contributed by atoms with Crippen molar-refractivity contribution >= 4 is 29.9 Å². The van der Waals surface area contributed by atoms with Gasteiger partial charge < -0.3 is 10.6 Å². The Morgan fingerprint density at radius 1 is 1.35 bits per heavy atom. The molecule has 2 N–H and O–H groups in total. The molecule has 20 heavy (non-hydrogen) atoms. The first-order valence-electron chi connectivity index (χ1n) is 6.38. The minimum absolute atomic E-state index is 0. The summed E-state index contributed by atoms with van der Waals surface area (Å²) < 4.78 is 1.91. The van der Waals surface area contributed by atoms with Crippen molar-refractivity contribution in [2.45, 2.75) is 13.0 Å². The summed E-state index contributed by atoms with van der Waals surface area (Å²) in [4.78, 5) is 12.9. The van der Waals surface area contributed by atoms with Crippen LogP contribution in [0.2, 0.25) is 0 Å². The van der Waals surface area contributed by atoms with Crippen LogP contribution >= 0.6 is 24.0 Å². The van der Waals surface area contributed by atoms with Gasteiger partial charge in [-0.3, -0.25) is 9.56 Å². The zero-order chi connectivity index (χ0) is 12.9. The summed E-state index contributed by atoms with van der Waals surface area (Å²) in [7, 11) is 0. The van der Waals surface area contributed by atoms with Gasteiger partial charge in [0, 0.05) is 43.8 Å². The van der Waals surface area contributed by atoms with Crippen molar-refractivity contribution < 1.29 is 0 Å². The second-order valence-corrected chi connectivity index (χ2v) is 4.32. The van der Waals surface area contributed by atoms with E-state index >= 15 is 0 Å². The van der Waals surface area contributed by atoms with E-state index in [1.807, 2.05) is 16.8 Å². The van der Waals surface area contributed by atoms with Crippen molar-refractivity contribution in [3.05, 3.63) is 42.6 Å². The summed E-state index contributed by atoms with van der Waals surface area (Å²) in [6.07, 6.45) is 8.27. The van der Waals surface area contributed by atoms with Gasteiger partial charge >= 0.3 is 0 Å². The normalized spacial score (nSPS) is 13.9. The maximum atomic E-state index is 4.41. The molecule has 0 bridgehead atoms. The molecule has 1 aliphatic heterocycles. The van der Waals surface area contributed by atoms with Crippen LogP contribution in [0.15, 0.2) is 42.0 Å². The van der Waals surface area contributed by atoms with E-state index in [0.717, 1.165) is 36.9 Å². The summed E-state index contributed by atoms with van der Waals surface area (Å²) >= 11 is 0. The number of imidazole rings is 1. The number of rotatable bonds is 3. The van der Waals surface area contributed by atoms with Crippen LogP contribution < -0.4 is 10.6 Å². The number of hydrogen-bond donors (Lipinski definition) is 2. The highest BCUT2D eigenvalue weighted by molar-refractivity contribution is 14.0. The Morgan fingerprint density at radius 3 is 3.05 bits per heavy atom. The highest BCUT2D eigenvalue weighted by Gasteiger charge is 2.07. The van der Waals surface area contributed by atoms with Gasteiger partial charge in [0.2, 0.25) is 0 Å². The maximum Gasteiger partial charge on any atom is 0.191 e. The molecule has 3 rings (SSSR count). The lowest BCUT2D eigenvalue weighted by molar-refractivity contribution is 0.700. The number of aromatic nitrogens is 3. The van der Waals surface area contributed by atoms with Gasteiger partial charge in [0.15, 0.2) is 5.96 Å². The Kier molecular flexibility index (Phi) is 5.33. The zero-order valence-electron chi connectivity index (χ0n) is 11.0. The molecule has 2 aromatic heterocycles. The highest BCUT2D eigenvalue weighted by atomic mass is 127. The predicted molar refractivity (Wildman–Crippen MR) is 88.5 cm³/mol. The molecule has 0 atom stereocenters. The molecule has 0 radical (unpaired) electrons. The van der Waals surface area contributed by atoms with E-state index in [1.54, 1.807) is 18.7 Å². The number of nitrogens with one attached hydrogen (secondary N) is 2. The zero-order valence-corrected chi connectivity index (χ0v) is 13.3. The summed E-state index contributed by atoms with van der Waals surface area (Å²) in [6.45, 7) is 2.55. The van der Waals surface area contributed by atoms with E-state index in [1.165, 1.54) is 0 Å². The molecule has 2 aromatic rings. The van der Waals surface area contributed by atoms with Crippen molar-refractivity contribution in [1.82, 2.24) is 25.2 Å². The summed E-state index contributed by atoms with van der Waals surface area (Å²) in [6, 6.07) is 3.99. The third kappa shape index (κ3) is 3.47. The molecular weight excluding hydrogens is 367 g/mol. The van der Waals surface area contributed by atoms with Gasteiger partial charge in [-0.05, 0) is 12.5 Å². The molecule has 6 nitrogen and oxygen atoms in total. The topological polar surface area (TPSA) is 67.1 Å². The fourth-order valence-electron chi connectivity index (χ4n) is 2.02. The van der Waals surface area contributed by atoms with Crippen LogP contribution in [0.4, 0.5) is 0 Å². The van der Waals surface area contributed by atoms with Crippen LogP contribution in [0.3, 0.4) is 0 Å². The monoisotopic (exact) mass is 384 g/mol. The first-order chi connectivity index (χ1) is 9.43. The molecule has 106 valence electrons. The highest BCUT2D eigenvalue weighted by Crippen LogP contribution is 2.10. The Balaban J connectivity index is 0.00000147. The van der Waals surface area contributed by atoms with Crippen molar-refractivity contribution in [2.75, 3.05) is 13.1 Å². The van der Waals surface area contributed by atoms with Gasteiger partial charge in [-0.1, -0.05) is 6.07 Å². The van der Waals surface area contributed by atoms with Crippen molar-refractivity contribution in [2.24, 2.45) is 4.99 Å². The fraction of sp³-hybridized carbons (Fsp3) is 0.308. The molecule has 0 fully saturated rings. The van der Waals surface area contributed by atoms with E-state index in [-0.39, 0.29) is 24.0 Å². The fourth-order valence-corrected chi connectivity index (χ4v) is 2.02. The molecule has 7 heteroatoms. The second kappa shape index (κ2) is 7.22. The number of pyridine rings is 1. The minimum Gasteiger partial charge on any atom is -0.356 e. The molecule has 0 amide bonds. The minimum atomic E-state index is 0. The van der Waals surface area contributed by atoms with Crippen molar-refractivity contribution in [3.8, 4) is 5.82 Å². The number of hydrogen-bond acceptors (Lipinski definition) is 5. The summed E-state index contributed by atoms with van der Waals surface area (Å²) in [5.74, 6) is 1.76. The number of guanidine groups is 1. The number of halogens is 1. The Labute approximate surface area is 134 Å². The van der Waals surface area contributed by atoms with Crippen LogP contribution in [0, 0.1) is 0 Å². The largest absolute Gasteiger partial charge is 0.356 e. The SMILES string of the molecule is I.c1cnc(-n2ccnc2)c(CNC2=NCCCN2)c1. The molecular formula is C13H17IN6. The molecule has 0 saturated heterocycles. The average Bonchev–Trinajstić information content (AvgIpc) is 3.01. The van der Waals surface area contributed by atoms with Gasteiger partial charge in [-0.25, -0.2) is 9.97 Å². The maximum absolute atomic E-state index is 4.41. The van der Waals surface area contributed by atoms with Crippen LogP contribution in [0.1, 0.15) is 12.0 Å². The Hall–Kier alpha value is -1.64. The average molecular weight is 384 g/mol. The lowest BCUT2D eigenvalue weighted by Crippen LogP contribution is -2.40. The van der Waals surface area contributed by atoms with E-state index in [4.69, 9.17) is 0 Å². The van der Waals surface area contributed by atoms with Crippen molar-refractivity contribution in [3.63, 3.8) is 0 Å². The smallest absolute Gasteiger partial charge is 0.191 e. The molecule has 0 spiro atoms. The molecule has 3 heterocycles. The standard InChI is InChI=1S/C13H16N6.HI/c1-3-11(9-18-13-16-5-2-6-17-13)12(15-4-1)19-8-7-14-10-19;/h1,3-4,7-8,10H,2,5-6,9H2,(H2,16,17,18);1H. The Bertz CT molecular complexity index is 566. The third-order valence-corrected chi connectivity index (χ3v) is 2.96. The van der Waals surface area contributed by atoms with E-state index < -0.39 is 0 Å². The second-order valence-electron chi connectivity index (χ2n) is 4.32. The van der Waals surface area contributed by atoms with Crippen LogP contribution in [-0.4, -0.2) is 33.6 Å². The first kappa shape index (κ1) is 14.8. The van der Waals surface area contributed by atoms with Gasteiger partial charge in [-0.15, -0.1) is 24.0 Å². The van der Waals surface area contributed by atoms with Gasteiger partial charge in [0.05, 0.1) is 0 Å². The summed E-state index contributed by atoms with van der Waals surface area (Å²) in [5, 5.41) is 6.55. The Morgan fingerprint density at radius 2 is 2.30 bits per heavy atom. The molecule has 0 saturated carbocycles. The van der Waals surface area contributed by atoms with Crippen LogP contribution in [0.25, 0.3) is 5.82 Å². The number of nitrogens with zero attached hydrogens (tertiary/aromatic N) is 4. The van der Waals surface area contributed by atoms with Crippen LogP contribution in [0.5, 0.6) is 0 Å². The van der Waals surface area contributed by atoms with Gasteiger partial charge in [0.25, 0.3) is 0 Å². The van der Waals surface area contributed by atoms with E-state index in [0.29, 0.717) is 6.54 Å². The first-order valence-corrected chi connectivity index (χ1v) is 6.38. The van der Waals surface area contributed by atoms with E-state index in [9.17, 15) is 0 Å². The molecule has 0 aliphatic carbocycles. The lowest BCUT2D eigenvalue weighted by Gasteiger charge is -2.17. The third-order valence-electron chi connectivity index (χ3n) is 2.96. The predicted octanol–water partition coefficient (Wildman–Crippen LogP) is 1.32. The summed E-state index contributed by atoms with van der Waals surface area (Å²) in [5.41, 5.74) is 1.11. The van der Waals surface area contributed by atoms with Gasteiger partial charge in [-0.2, -0.15) is 0 Å². The van der Waals surface area contributed by atoms with E-state index in [2.05, 4.69) is 31.7 Å². The quantitative estimate of drug-likeness (QED) is 0.784.